The van der Waals surface area contributed by atoms with E-state index < -0.39 is 6.10 Å². The van der Waals surface area contributed by atoms with Gasteiger partial charge in [-0.25, -0.2) is 0 Å². The van der Waals surface area contributed by atoms with E-state index in [0.29, 0.717) is 5.92 Å². The average molecular weight is 253 g/mol. The van der Waals surface area contributed by atoms with Crippen LogP contribution in [0.4, 0.5) is 0 Å². The third kappa shape index (κ3) is 2.83. The van der Waals surface area contributed by atoms with E-state index in [-0.39, 0.29) is 0 Å². The Kier molecular flexibility index (Phi) is 3.13. The minimum Gasteiger partial charge on any atom is -0.385 e. The van der Waals surface area contributed by atoms with Crippen LogP contribution >= 0.6 is 11.8 Å². The van der Waals surface area contributed by atoms with Crippen molar-refractivity contribution in [3.8, 4) is 0 Å². The van der Waals surface area contributed by atoms with E-state index in [9.17, 15) is 5.11 Å². The maximum absolute atomic E-state index is 10.1. The smallest absolute Gasteiger partial charge is 0.191 e. The fourth-order valence-electron chi connectivity index (χ4n) is 1.99. The number of aliphatic hydroxyl groups is 1. The van der Waals surface area contributed by atoms with E-state index in [1.54, 1.807) is 11.8 Å². The summed E-state index contributed by atoms with van der Waals surface area (Å²) in [5.41, 5.74) is 0. The SMILES string of the molecule is Cn1c(SCC2CC2)nnc1C(O)CC1CC1. The minimum atomic E-state index is -0.435. The molecule has 2 saturated carbocycles. The monoisotopic (exact) mass is 253 g/mol. The largest absolute Gasteiger partial charge is 0.385 e. The highest BCUT2D eigenvalue weighted by Gasteiger charge is 2.28. The van der Waals surface area contributed by atoms with Crippen molar-refractivity contribution in [3.63, 3.8) is 0 Å². The van der Waals surface area contributed by atoms with Crippen LogP contribution in [-0.2, 0) is 7.05 Å². The molecular weight excluding hydrogens is 234 g/mol. The second kappa shape index (κ2) is 4.61. The quantitative estimate of drug-likeness (QED) is 0.789. The Labute approximate surface area is 106 Å². The number of aliphatic hydroxyl groups excluding tert-OH is 1. The highest BCUT2D eigenvalue weighted by atomic mass is 32.2. The van der Waals surface area contributed by atoms with Crippen LogP contribution in [0.15, 0.2) is 5.16 Å². The Morgan fingerprint density at radius 2 is 2.00 bits per heavy atom. The van der Waals surface area contributed by atoms with Gasteiger partial charge in [0.1, 0.15) is 6.10 Å². The lowest BCUT2D eigenvalue weighted by molar-refractivity contribution is 0.146. The van der Waals surface area contributed by atoms with Crippen molar-refractivity contribution in [2.45, 2.75) is 43.4 Å². The molecule has 0 bridgehead atoms. The summed E-state index contributed by atoms with van der Waals surface area (Å²) < 4.78 is 1.96. The van der Waals surface area contributed by atoms with E-state index in [1.165, 1.54) is 25.7 Å². The summed E-state index contributed by atoms with van der Waals surface area (Å²) in [6.07, 6.45) is 5.66. The van der Waals surface area contributed by atoms with Crippen LogP contribution in [-0.4, -0.2) is 25.6 Å². The molecule has 1 aromatic heterocycles. The van der Waals surface area contributed by atoms with Gasteiger partial charge in [0, 0.05) is 12.8 Å². The van der Waals surface area contributed by atoms with Gasteiger partial charge < -0.3 is 9.67 Å². The van der Waals surface area contributed by atoms with E-state index in [4.69, 9.17) is 0 Å². The molecule has 2 aliphatic rings. The van der Waals surface area contributed by atoms with Crippen molar-refractivity contribution in [1.29, 1.82) is 0 Å². The first-order valence-electron chi connectivity index (χ1n) is 6.44. The number of aromatic nitrogens is 3. The first-order chi connectivity index (χ1) is 8.24. The zero-order valence-corrected chi connectivity index (χ0v) is 11.0. The third-order valence-electron chi connectivity index (χ3n) is 3.57. The molecule has 1 aromatic rings. The van der Waals surface area contributed by atoms with Gasteiger partial charge >= 0.3 is 0 Å². The molecule has 0 saturated heterocycles. The van der Waals surface area contributed by atoms with Crippen LogP contribution in [0.1, 0.15) is 44.0 Å². The first-order valence-corrected chi connectivity index (χ1v) is 7.42. The topological polar surface area (TPSA) is 50.9 Å². The van der Waals surface area contributed by atoms with Crippen molar-refractivity contribution >= 4 is 11.8 Å². The van der Waals surface area contributed by atoms with Gasteiger partial charge in [-0.3, -0.25) is 0 Å². The summed E-state index contributed by atoms with van der Waals surface area (Å²) in [5.74, 6) is 3.47. The second-order valence-electron chi connectivity index (χ2n) is 5.35. The summed E-state index contributed by atoms with van der Waals surface area (Å²) in [6.45, 7) is 0. The van der Waals surface area contributed by atoms with Crippen LogP contribution in [0.5, 0.6) is 0 Å². The van der Waals surface area contributed by atoms with Crippen LogP contribution in [0.2, 0.25) is 0 Å². The maximum Gasteiger partial charge on any atom is 0.191 e. The normalized spacial score (nSPS) is 21.8. The van der Waals surface area contributed by atoms with Crippen molar-refractivity contribution in [2.24, 2.45) is 18.9 Å². The number of hydrogen-bond donors (Lipinski definition) is 1. The van der Waals surface area contributed by atoms with Crippen LogP contribution in [0.3, 0.4) is 0 Å². The Morgan fingerprint density at radius 1 is 1.29 bits per heavy atom. The van der Waals surface area contributed by atoms with Gasteiger partial charge in [-0.15, -0.1) is 10.2 Å². The summed E-state index contributed by atoms with van der Waals surface area (Å²) >= 11 is 1.77. The van der Waals surface area contributed by atoms with Crippen molar-refractivity contribution < 1.29 is 5.11 Å². The lowest BCUT2D eigenvalue weighted by Crippen LogP contribution is -2.07. The predicted octanol–water partition coefficient (Wildman–Crippen LogP) is 2.15. The molecule has 0 amide bonds. The Hall–Kier alpha value is -0.550. The molecule has 1 atom stereocenters. The molecule has 2 aliphatic carbocycles. The van der Waals surface area contributed by atoms with Crippen LogP contribution < -0.4 is 0 Å². The van der Waals surface area contributed by atoms with Gasteiger partial charge in [-0.1, -0.05) is 24.6 Å². The van der Waals surface area contributed by atoms with Crippen LogP contribution in [0, 0.1) is 11.8 Å². The number of rotatable bonds is 6. The zero-order valence-electron chi connectivity index (χ0n) is 10.2. The average Bonchev–Trinajstić information content (AvgIpc) is 3.19. The lowest BCUT2D eigenvalue weighted by Gasteiger charge is -2.09. The summed E-state index contributed by atoms with van der Waals surface area (Å²) in [5, 5.41) is 19.3. The highest BCUT2D eigenvalue weighted by molar-refractivity contribution is 7.99. The fraction of sp³-hybridized carbons (Fsp3) is 0.833. The molecule has 4 nitrogen and oxygen atoms in total. The molecule has 3 rings (SSSR count). The molecular formula is C12H19N3OS. The van der Waals surface area contributed by atoms with Gasteiger partial charge in [0.25, 0.3) is 0 Å². The molecule has 17 heavy (non-hydrogen) atoms. The number of nitrogens with zero attached hydrogens (tertiary/aromatic N) is 3. The summed E-state index contributed by atoms with van der Waals surface area (Å²) in [7, 11) is 1.96. The molecule has 1 heterocycles. The van der Waals surface area contributed by atoms with E-state index in [2.05, 4.69) is 10.2 Å². The molecule has 0 radical (unpaired) electrons. The van der Waals surface area contributed by atoms with Crippen molar-refractivity contribution in [3.05, 3.63) is 5.82 Å². The second-order valence-corrected chi connectivity index (χ2v) is 6.34. The van der Waals surface area contributed by atoms with Gasteiger partial charge in [0.15, 0.2) is 11.0 Å². The molecule has 1 unspecified atom stereocenters. The Balaban J connectivity index is 1.62. The van der Waals surface area contributed by atoms with Gasteiger partial charge in [0.05, 0.1) is 0 Å². The summed E-state index contributed by atoms with van der Waals surface area (Å²) in [6, 6.07) is 0. The lowest BCUT2D eigenvalue weighted by atomic mass is 10.2. The molecule has 0 aliphatic heterocycles. The maximum atomic E-state index is 10.1. The molecule has 1 N–H and O–H groups in total. The Morgan fingerprint density at radius 3 is 2.65 bits per heavy atom. The third-order valence-corrected chi connectivity index (χ3v) is 4.82. The molecule has 0 aromatic carbocycles. The molecule has 94 valence electrons. The van der Waals surface area contributed by atoms with E-state index in [1.807, 2.05) is 11.6 Å². The van der Waals surface area contributed by atoms with Crippen LogP contribution in [0.25, 0.3) is 0 Å². The van der Waals surface area contributed by atoms with E-state index in [0.717, 1.165) is 29.1 Å². The minimum absolute atomic E-state index is 0.435. The summed E-state index contributed by atoms with van der Waals surface area (Å²) in [4.78, 5) is 0. The van der Waals surface area contributed by atoms with E-state index >= 15 is 0 Å². The number of hydrogen-bond acceptors (Lipinski definition) is 4. The van der Waals surface area contributed by atoms with Gasteiger partial charge in [-0.05, 0) is 31.1 Å². The van der Waals surface area contributed by atoms with Crippen molar-refractivity contribution in [2.75, 3.05) is 5.75 Å². The van der Waals surface area contributed by atoms with Gasteiger partial charge in [0.2, 0.25) is 0 Å². The standard InChI is InChI=1S/C12H19N3OS/c1-15-11(10(16)6-8-2-3-8)13-14-12(15)17-7-9-4-5-9/h8-10,16H,2-7H2,1H3. The first kappa shape index (κ1) is 11.5. The van der Waals surface area contributed by atoms with Gasteiger partial charge in [-0.2, -0.15) is 0 Å². The highest BCUT2D eigenvalue weighted by Crippen LogP contribution is 2.38. The molecule has 5 heteroatoms. The zero-order chi connectivity index (χ0) is 11.8. The Bertz CT molecular complexity index is 398. The molecule has 2 fully saturated rings. The molecule has 0 spiro atoms. The number of thioether (sulfide) groups is 1. The van der Waals surface area contributed by atoms with Crippen molar-refractivity contribution in [1.82, 2.24) is 14.8 Å². The predicted molar refractivity (Wildman–Crippen MR) is 66.8 cm³/mol. The fourth-order valence-corrected chi connectivity index (χ4v) is 3.10.